The Kier molecular flexibility index (Phi) is 5.34. The van der Waals surface area contributed by atoms with Crippen LogP contribution in [0.15, 0.2) is 35.5 Å². The Morgan fingerprint density at radius 2 is 2.15 bits per heavy atom. The first-order valence-electron chi connectivity index (χ1n) is 9.05. The van der Waals surface area contributed by atoms with Crippen LogP contribution in [0.1, 0.15) is 26.7 Å². The van der Waals surface area contributed by atoms with Gasteiger partial charge >= 0.3 is 11.9 Å². The molecule has 1 saturated carbocycles. The normalized spacial score (nSPS) is 36.8. The summed E-state index contributed by atoms with van der Waals surface area (Å²) in [4.78, 5) is 24.6. The van der Waals surface area contributed by atoms with E-state index in [9.17, 15) is 14.7 Å². The minimum Gasteiger partial charge on any atom is -0.458 e. The van der Waals surface area contributed by atoms with Crippen LogP contribution in [0.25, 0.3) is 0 Å². The van der Waals surface area contributed by atoms with Crippen molar-refractivity contribution in [3.8, 4) is 0 Å². The number of aliphatic hydroxyl groups excluding tert-OH is 2. The molecule has 2 aliphatic carbocycles. The number of hydrogen-bond acceptors (Lipinski definition) is 6. The summed E-state index contributed by atoms with van der Waals surface area (Å²) in [6, 6.07) is 0. The van der Waals surface area contributed by atoms with Crippen LogP contribution in [0, 0.1) is 23.7 Å². The van der Waals surface area contributed by atoms with Gasteiger partial charge in [-0.3, -0.25) is 4.79 Å². The van der Waals surface area contributed by atoms with E-state index in [1.807, 2.05) is 13.0 Å². The maximum absolute atomic E-state index is 12.4. The molecule has 1 aliphatic heterocycles. The average Bonchev–Trinajstić information content (AvgIpc) is 3.34. The van der Waals surface area contributed by atoms with Crippen molar-refractivity contribution >= 4 is 11.9 Å². The van der Waals surface area contributed by atoms with Crippen LogP contribution in [-0.4, -0.2) is 47.6 Å². The second kappa shape index (κ2) is 7.37. The maximum Gasteiger partial charge on any atom is 0.336 e. The third-order valence-corrected chi connectivity index (χ3v) is 5.83. The molecule has 1 saturated heterocycles. The van der Waals surface area contributed by atoms with Crippen LogP contribution in [0.3, 0.4) is 0 Å². The summed E-state index contributed by atoms with van der Waals surface area (Å²) >= 11 is 0. The van der Waals surface area contributed by atoms with Gasteiger partial charge in [-0.25, -0.2) is 4.79 Å². The van der Waals surface area contributed by atoms with Crippen molar-refractivity contribution in [2.45, 2.75) is 38.9 Å². The van der Waals surface area contributed by atoms with E-state index in [4.69, 9.17) is 14.6 Å². The Bertz CT molecular complexity index is 676. The van der Waals surface area contributed by atoms with Gasteiger partial charge in [0.15, 0.2) is 0 Å². The van der Waals surface area contributed by atoms with E-state index in [0.29, 0.717) is 18.3 Å². The monoisotopic (exact) mass is 362 g/mol. The third kappa shape index (κ3) is 3.48. The summed E-state index contributed by atoms with van der Waals surface area (Å²) in [6.45, 7) is 7.14. The Morgan fingerprint density at radius 3 is 2.81 bits per heavy atom. The fourth-order valence-corrected chi connectivity index (χ4v) is 4.17. The molecule has 2 fully saturated rings. The minimum atomic E-state index is -0.683. The molecule has 142 valence electrons. The van der Waals surface area contributed by atoms with Gasteiger partial charge in [0, 0.05) is 6.42 Å². The molecule has 0 bridgehead atoms. The first-order valence-corrected chi connectivity index (χ1v) is 9.05. The zero-order chi connectivity index (χ0) is 19.0. The van der Waals surface area contributed by atoms with Crippen LogP contribution in [0.4, 0.5) is 0 Å². The molecule has 0 radical (unpaired) electrons. The summed E-state index contributed by atoms with van der Waals surface area (Å²) in [6.07, 6.45) is 3.71. The Balaban J connectivity index is 1.90. The Hall–Kier alpha value is -1.92. The first-order chi connectivity index (χ1) is 12.4. The van der Waals surface area contributed by atoms with E-state index in [1.165, 1.54) is 11.6 Å². The molecule has 0 aromatic heterocycles. The number of ether oxygens (including phenoxy) is 2. The van der Waals surface area contributed by atoms with Crippen molar-refractivity contribution in [2.24, 2.45) is 23.7 Å². The molecule has 6 unspecified atom stereocenters. The number of aliphatic hydroxyl groups is 2. The van der Waals surface area contributed by atoms with Gasteiger partial charge < -0.3 is 19.7 Å². The van der Waals surface area contributed by atoms with E-state index in [2.05, 4.69) is 6.58 Å². The number of rotatable bonds is 4. The molecular formula is C20H26O6. The number of carbonyl (C=O) groups is 2. The standard InChI is InChI=1S/C20H26O6/c1-10-6-16-18(12(3)19(23)25-16)17(7-11(2)15-8-14(10)15)26-20(24)13(9-22)4-5-21/h4,6,12,14-18,21-22H,2,5,7-9H2,1,3H3. The van der Waals surface area contributed by atoms with E-state index < -0.39 is 30.7 Å². The van der Waals surface area contributed by atoms with Gasteiger partial charge in [-0.2, -0.15) is 0 Å². The van der Waals surface area contributed by atoms with Crippen LogP contribution in [0.2, 0.25) is 0 Å². The highest BCUT2D eigenvalue weighted by Gasteiger charge is 2.50. The molecule has 0 amide bonds. The van der Waals surface area contributed by atoms with Gasteiger partial charge in [0.2, 0.25) is 0 Å². The molecule has 3 aliphatic rings. The lowest BCUT2D eigenvalue weighted by atomic mass is 9.83. The quantitative estimate of drug-likeness (QED) is 0.448. The molecule has 6 heteroatoms. The lowest BCUT2D eigenvalue weighted by molar-refractivity contribution is -0.149. The molecular weight excluding hydrogens is 336 g/mol. The lowest BCUT2D eigenvalue weighted by Crippen LogP contribution is -2.36. The van der Waals surface area contributed by atoms with Gasteiger partial charge in [-0.05, 0) is 37.3 Å². The molecule has 3 rings (SSSR count). The number of esters is 2. The number of allylic oxidation sites excluding steroid dienone is 1. The van der Waals surface area contributed by atoms with Crippen molar-refractivity contribution < 1.29 is 29.3 Å². The zero-order valence-electron chi connectivity index (χ0n) is 15.2. The SMILES string of the molecule is C=C1CC(OC(=O)C(=CCO)CO)C2C(C=C(C)C3CC13)OC(=O)C2C. The fourth-order valence-electron chi connectivity index (χ4n) is 4.17. The van der Waals surface area contributed by atoms with Crippen molar-refractivity contribution in [3.63, 3.8) is 0 Å². The molecule has 6 nitrogen and oxygen atoms in total. The van der Waals surface area contributed by atoms with Crippen molar-refractivity contribution in [2.75, 3.05) is 13.2 Å². The lowest BCUT2D eigenvalue weighted by Gasteiger charge is -2.28. The largest absolute Gasteiger partial charge is 0.458 e. The average molecular weight is 362 g/mol. The topological polar surface area (TPSA) is 93.1 Å². The van der Waals surface area contributed by atoms with Crippen molar-refractivity contribution in [1.29, 1.82) is 0 Å². The van der Waals surface area contributed by atoms with Gasteiger partial charge in [0.05, 0.1) is 30.6 Å². The summed E-state index contributed by atoms with van der Waals surface area (Å²) in [5.74, 6) is -0.876. The Morgan fingerprint density at radius 1 is 1.42 bits per heavy atom. The van der Waals surface area contributed by atoms with Gasteiger partial charge in [0.25, 0.3) is 0 Å². The van der Waals surface area contributed by atoms with Crippen LogP contribution in [0.5, 0.6) is 0 Å². The Labute approximate surface area is 153 Å². The van der Waals surface area contributed by atoms with Crippen LogP contribution < -0.4 is 0 Å². The maximum atomic E-state index is 12.4. The number of hydrogen-bond donors (Lipinski definition) is 2. The van der Waals surface area contributed by atoms with Gasteiger partial charge in [0.1, 0.15) is 12.2 Å². The number of fused-ring (bicyclic) bond motifs is 2. The van der Waals surface area contributed by atoms with E-state index >= 15 is 0 Å². The second-order valence-corrected chi connectivity index (χ2v) is 7.50. The minimum absolute atomic E-state index is 0.00319. The molecule has 0 aromatic carbocycles. The van der Waals surface area contributed by atoms with E-state index in [0.717, 1.165) is 12.0 Å². The van der Waals surface area contributed by atoms with Gasteiger partial charge in [-0.1, -0.05) is 24.6 Å². The first kappa shape index (κ1) is 18.9. The molecule has 0 aromatic rings. The second-order valence-electron chi connectivity index (χ2n) is 7.50. The fraction of sp³-hybridized carbons (Fsp3) is 0.600. The smallest absolute Gasteiger partial charge is 0.336 e. The summed E-state index contributed by atoms with van der Waals surface area (Å²) in [5.41, 5.74) is 2.21. The van der Waals surface area contributed by atoms with Crippen molar-refractivity contribution in [3.05, 3.63) is 35.5 Å². The molecule has 6 atom stereocenters. The summed E-state index contributed by atoms with van der Waals surface area (Å²) < 4.78 is 11.2. The predicted molar refractivity (Wildman–Crippen MR) is 93.8 cm³/mol. The van der Waals surface area contributed by atoms with Crippen LogP contribution in [-0.2, 0) is 19.1 Å². The molecule has 1 heterocycles. The molecule has 0 spiro atoms. The van der Waals surface area contributed by atoms with E-state index in [-0.39, 0.29) is 24.1 Å². The van der Waals surface area contributed by atoms with Gasteiger partial charge in [-0.15, -0.1) is 0 Å². The third-order valence-electron chi connectivity index (χ3n) is 5.83. The highest BCUT2D eigenvalue weighted by atomic mass is 16.6. The predicted octanol–water partition coefficient (Wildman–Crippen LogP) is 1.53. The molecule has 2 N–H and O–H groups in total. The zero-order valence-corrected chi connectivity index (χ0v) is 15.2. The number of carbonyl (C=O) groups excluding carboxylic acids is 2. The highest BCUT2D eigenvalue weighted by Crippen LogP contribution is 2.52. The molecule has 26 heavy (non-hydrogen) atoms. The summed E-state index contributed by atoms with van der Waals surface area (Å²) in [5, 5.41) is 18.3. The summed E-state index contributed by atoms with van der Waals surface area (Å²) in [7, 11) is 0. The highest BCUT2D eigenvalue weighted by molar-refractivity contribution is 5.89. The van der Waals surface area contributed by atoms with Crippen LogP contribution >= 0.6 is 0 Å². The van der Waals surface area contributed by atoms with Crippen molar-refractivity contribution in [1.82, 2.24) is 0 Å². The van der Waals surface area contributed by atoms with E-state index in [1.54, 1.807) is 6.92 Å².